The van der Waals surface area contributed by atoms with Crippen LogP contribution in [0.15, 0.2) is 85.1 Å². The number of carbonyl (C=O) groups excluding carboxylic acids is 3. The van der Waals surface area contributed by atoms with Gasteiger partial charge in [-0.15, -0.1) is 0 Å². The van der Waals surface area contributed by atoms with Gasteiger partial charge in [0.2, 0.25) is 0 Å². The lowest BCUT2D eigenvalue weighted by Crippen LogP contribution is -2.30. The molecule has 6 heteroatoms. The van der Waals surface area contributed by atoms with Crippen LogP contribution in [0, 0.1) is 0 Å². The largest absolute Gasteiger partial charge is 0.462 e. The van der Waals surface area contributed by atoms with Gasteiger partial charge in [0.1, 0.15) is 13.2 Å². The van der Waals surface area contributed by atoms with Crippen LogP contribution < -0.4 is 0 Å². The predicted molar refractivity (Wildman–Crippen MR) is 242 cm³/mol. The van der Waals surface area contributed by atoms with E-state index < -0.39 is 6.10 Å². The van der Waals surface area contributed by atoms with E-state index in [0.29, 0.717) is 19.3 Å². The summed E-state index contributed by atoms with van der Waals surface area (Å²) in [5, 5.41) is 0. The number of hydrogen-bond donors (Lipinski definition) is 0. The van der Waals surface area contributed by atoms with E-state index in [4.69, 9.17) is 14.2 Å². The molecule has 57 heavy (non-hydrogen) atoms. The minimum atomic E-state index is -0.804. The van der Waals surface area contributed by atoms with Crippen LogP contribution >= 0.6 is 0 Å². The summed E-state index contributed by atoms with van der Waals surface area (Å²) in [6.45, 7) is 6.35. The van der Waals surface area contributed by atoms with Crippen molar-refractivity contribution in [2.75, 3.05) is 13.2 Å². The Kier molecular flexibility index (Phi) is 42.6. The normalized spacial score (nSPS) is 12.8. The maximum Gasteiger partial charge on any atom is 0.306 e. The van der Waals surface area contributed by atoms with Crippen LogP contribution in [0.5, 0.6) is 0 Å². The Hall–Kier alpha value is -3.41. The number of rotatable bonds is 40. The Bertz CT molecular complexity index is 1140. The van der Waals surface area contributed by atoms with Gasteiger partial charge in [-0.2, -0.15) is 0 Å². The summed E-state index contributed by atoms with van der Waals surface area (Å²) in [4.78, 5) is 37.7. The summed E-state index contributed by atoms with van der Waals surface area (Å²) < 4.78 is 16.6. The van der Waals surface area contributed by atoms with Gasteiger partial charge in [-0.05, 0) is 103 Å². The van der Waals surface area contributed by atoms with Crippen molar-refractivity contribution in [3.63, 3.8) is 0 Å². The first-order chi connectivity index (χ1) is 28.0. The molecule has 1 unspecified atom stereocenters. The third-order valence-corrected chi connectivity index (χ3v) is 9.33. The van der Waals surface area contributed by atoms with E-state index in [2.05, 4.69) is 106 Å². The molecule has 0 radical (unpaired) electrons. The first kappa shape index (κ1) is 53.6. The molecule has 0 aromatic rings. The zero-order valence-electron chi connectivity index (χ0n) is 36.8. The van der Waals surface area contributed by atoms with Gasteiger partial charge in [0.25, 0.3) is 0 Å². The lowest BCUT2D eigenvalue weighted by molar-refractivity contribution is -0.167. The third kappa shape index (κ3) is 43.6. The van der Waals surface area contributed by atoms with Gasteiger partial charge in [-0.3, -0.25) is 14.4 Å². The molecule has 0 bridgehead atoms. The number of unbranched alkanes of at least 4 members (excludes halogenated alkanes) is 15. The van der Waals surface area contributed by atoms with Crippen LogP contribution in [0.2, 0.25) is 0 Å². The molecule has 0 aliphatic heterocycles. The molecule has 0 saturated carbocycles. The molecule has 0 fully saturated rings. The fourth-order valence-corrected chi connectivity index (χ4v) is 5.88. The molecule has 0 rings (SSSR count). The number of allylic oxidation sites excluding steroid dienone is 14. The molecule has 0 aliphatic rings. The second-order valence-corrected chi connectivity index (χ2v) is 14.9. The Morgan fingerprint density at radius 1 is 0.368 bits per heavy atom. The van der Waals surface area contributed by atoms with Crippen molar-refractivity contribution in [3.05, 3.63) is 85.1 Å². The summed E-state index contributed by atoms with van der Waals surface area (Å²) >= 11 is 0. The smallest absolute Gasteiger partial charge is 0.306 e. The lowest BCUT2D eigenvalue weighted by atomic mass is 10.1. The van der Waals surface area contributed by atoms with Crippen LogP contribution in [0.4, 0.5) is 0 Å². The maximum absolute atomic E-state index is 12.7. The number of hydrogen-bond acceptors (Lipinski definition) is 6. The van der Waals surface area contributed by atoms with E-state index in [1.54, 1.807) is 0 Å². The molecular weight excluding hydrogens is 709 g/mol. The summed E-state index contributed by atoms with van der Waals surface area (Å²) in [5.74, 6) is -0.992. The highest BCUT2D eigenvalue weighted by molar-refractivity contribution is 5.71. The second kappa shape index (κ2) is 45.3. The van der Waals surface area contributed by atoms with Crippen molar-refractivity contribution in [3.8, 4) is 0 Å². The molecule has 6 nitrogen and oxygen atoms in total. The fourth-order valence-electron chi connectivity index (χ4n) is 5.88. The summed E-state index contributed by atoms with van der Waals surface area (Å²) in [6.07, 6.45) is 57.1. The average Bonchev–Trinajstić information content (AvgIpc) is 3.21. The van der Waals surface area contributed by atoms with Crippen LogP contribution in [-0.4, -0.2) is 37.2 Å². The standard InChI is InChI=1S/C51H84O6/c1-4-7-10-13-16-19-22-24-25-26-27-28-30-32-35-38-41-44-50(53)56-47-48(46-55-49(52)43-40-37-34-31-21-18-15-12-9-6-3)57-51(54)45-42-39-36-33-29-23-20-17-14-11-8-5-2/h7,10,12,15-17,19-20,24-25,27-28,32,35,48H,4-6,8-9,11,13-14,18,21-23,26,29-31,33-34,36-47H2,1-3H3/b10-7-,15-12-,19-16-,20-17-,25-24-,28-27-,35-32-. The molecule has 0 heterocycles. The molecule has 0 aromatic heterocycles. The third-order valence-electron chi connectivity index (χ3n) is 9.33. The highest BCUT2D eigenvalue weighted by atomic mass is 16.6. The van der Waals surface area contributed by atoms with Crippen molar-refractivity contribution in [1.82, 2.24) is 0 Å². The quantitative estimate of drug-likeness (QED) is 0.0266. The zero-order valence-corrected chi connectivity index (χ0v) is 36.8. The number of esters is 3. The SMILES string of the molecule is CC/C=C\C/C=C\C/C=C\C/C=C\C/C=C\CCCC(=O)OCC(COC(=O)CCCCCCC/C=C\CCC)OC(=O)CCCCCCC/C=C\CCCCC. The minimum absolute atomic E-state index is 0.103. The van der Waals surface area contributed by atoms with Crippen LogP contribution in [-0.2, 0) is 28.6 Å². The number of carbonyl (C=O) groups is 3. The molecule has 0 aromatic carbocycles. The van der Waals surface area contributed by atoms with Gasteiger partial charge in [-0.1, -0.05) is 164 Å². The Morgan fingerprint density at radius 2 is 0.737 bits per heavy atom. The topological polar surface area (TPSA) is 78.9 Å². The summed E-state index contributed by atoms with van der Waals surface area (Å²) in [7, 11) is 0. The maximum atomic E-state index is 12.7. The zero-order chi connectivity index (χ0) is 41.5. The molecule has 0 amide bonds. The first-order valence-electron chi connectivity index (χ1n) is 23.1. The van der Waals surface area contributed by atoms with E-state index in [1.165, 1.54) is 44.9 Å². The number of ether oxygens (including phenoxy) is 3. The molecule has 0 saturated heterocycles. The van der Waals surface area contributed by atoms with Crippen LogP contribution in [0.1, 0.15) is 201 Å². The van der Waals surface area contributed by atoms with Gasteiger partial charge in [-0.25, -0.2) is 0 Å². The minimum Gasteiger partial charge on any atom is -0.462 e. The molecule has 0 N–H and O–H groups in total. The Labute approximate surface area is 350 Å². The van der Waals surface area contributed by atoms with Crippen LogP contribution in [0.25, 0.3) is 0 Å². The van der Waals surface area contributed by atoms with Gasteiger partial charge < -0.3 is 14.2 Å². The molecular formula is C51H84O6. The van der Waals surface area contributed by atoms with E-state index >= 15 is 0 Å². The molecule has 0 spiro atoms. The van der Waals surface area contributed by atoms with Crippen molar-refractivity contribution in [2.24, 2.45) is 0 Å². The van der Waals surface area contributed by atoms with Gasteiger partial charge in [0.05, 0.1) is 0 Å². The fraction of sp³-hybridized carbons (Fsp3) is 0.667. The van der Waals surface area contributed by atoms with Crippen LogP contribution in [0.3, 0.4) is 0 Å². The average molecular weight is 793 g/mol. The highest BCUT2D eigenvalue weighted by Gasteiger charge is 2.19. The van der Waals surface area contributed by atoms with Crippen molar-refractivity contribution < 1.29 is 28.6 Å². The van der Waals surface area contributed by atoms with Gasteiger partial charge in [0, 0.05) is 19.3 Å². The summed E-state index contributed by atoms with van der Waals surface area (Å²) in [5.41, 5.74) is 0. The highest BCUT2D eigenvalue weighted by Crippen LogP contribution is 2.12. The monoisotopic (exact) mass is 793 g/mol. The Morgan fingerprint density at radius 3 is 1.23 bits per heavy atom. The van der Waals surface area contributed by atoms with Gasteiger partial charge >= 0.3 is 17.9 Å². The van der Waals surface area contributed by atoms with Gasteiger partial charge in [0.15, 0.2) is 6.10 Å². The van der Waals surface area contributed by atoms with Crippen molar-refractivity contribution in [2.45, 2.75) is 207 Å². The second-order valence-electron chi connectivity index (χ2n) is 14.9. The molecule has 1 atom stereocenters. The van der Waals surface area contributed by atoms with E-state index in [0.717, 1.165) is 109 Å². The van der Waals surface area contributed by atoms with Crippen molar-refractivity contribution >= 4 is 17.9 Å². The lowest BCUT2D eigenvalue weighted by Gasteiger charge is -2.18. The predicted octanol–water partition coefficient (Wildman–Crippen LogP) is 14.9. The van der Waals surface area contributed by atoms with Crippen molar-refractivity contribution in [1.29, 1.82) is 0 Å². The summed E-state index contributed by atoms with van der Waals surface area (Å²) in [6, 6.07) is 0. The van der Waals surface area contributed by atoms with E-state index in [1.807, 2.05) is 0 Å². The Balaban J connectivity index is 4.49. The molecule has 0 aliphatic carbocycles. The van der Waals surface area contributed by atoms with E-state index in [-0.39, 0.29) is 37.5 Å². The molecule has 324 valence electrons. The first-order valence-corrected chi connectivity index (χ1v) is 23.1. The van der Waals surface area contributed by atoms with E-state index in [9.17, 15) is 14.4 Å².